The van der Waals surface area contributed by atoms with E-state index >= 15 is 0 Å². The molecule has 212 valence electrons. The van der Waals surface area contributed by atoms with E-state index in [2.05, 4.69) is 36.5 Å². The van der Waals surface area contributed by atoms with E-state index < -0.39 is 11.8 Å². The molecule has 4 rings (SSSR count). The molecule has 0 aliphatic heterocycles. The molecule has 10 nitrogen and oxygen atoms in total. The van der Waals surface area contributed by atoms with Crippen molar-refractivity contribution >= 4 is 80.1 Å². The number of aryl methyl sites for hydroxylation is 1. The minimum atomic E-state index is -0.469. The van der Waals surface area contributed by atoms with Gasteiger partial charge < -0.3 is 20.3 Å². The number of carbonyl (C=O) groups is 3. The Morgan fingerprint density at radius 1 is 1.17 bits per heavy atom. The summed E-state index contributed by atoms with van der Waals surface area (Å²) in [5.74, 6) is -0.151. The predicted octanol–water partition coefficient (Wildman–Crippen LogP) is 5.44. The molecule has 1 aromatic carbocycles. The van der Waals surface area contributed by atoms with E-state index in [1.165, 1.54) is 24.1 Å². The van der Waals surface area contributed by atoms with Crippen LogP contribution in [0.1, 0.15) is 23.7 Å². The Morgan fingerprint density at radius 2 is 1.95 bits per heavy atom. The number of pyridine rings is 2. The first kappa shape index (κ1) is 30.0. The molecule has 0 bridgehead atoms. The topological polar surface area (TPSA) is 118 Å². The van der Waals surface area contributed by atoms with Gasteiger partial charge >= 0.3 is 0 Å². The summed E-state index contributed by atoms with van der Waals surface area (Å²) >= 11 is 16.6. The van der Waals surface area contributed by atoms with E-state index in [0.717, 1.165) is 10.3 Å². The molecule has 0 aliphatic rings. The number of hydrogen-bond donors (Lipinski definition) is 2. The van der Waals surface area contributed by atoms with Crippen LogP contribution in [0.15, 0.2) is 59.5 Å². The molecule has 0 unspecified atom stereocenters. The number of benzene rings is 1. The Balaban J connectivity index is 1.38. The zero-order chi connectivity index (χ0) is 29.7. The maximum Gasteiger partial charge on any atom is 0.246 e. The lowest BCUT2D eigenvalue weighted by atomic mass is 10.2. The van der Waals surface area contributed by atoms with Crippen molar-refractivity contribution in [3.05, 3.63) is 86.3 Å². The van der Waals surface area contributed by atoms with Crippen molar-refractivity contribution in [3.63, 3.8) is 0 Å². The van der Waals surface area contributed by atoms with Crippen LogP contribution in [0.4, 0.5) is 11.5 Å². The van der Waals surface area contributed by atoms with Crippen molar-refractivity contribution in [1.82, 2.24) is 19.7 Å². The van der Waals surface area contributed by atoms with Crippen molar-refractivity contribution in [2.45, 2.75) is 20.5 Å². The van der Waals surface area contributed by atoms with E-state index in [0.29, 0.717) is 39.1 Å². The van der Waals surface area contributed by atoms with Crippen LogP contribution in [-0.2, 0) is 21.0 Å². The number of ether oxygens (including phenoxy) is 1. The van der Waals surface area contributed by atoms with Gasteiger partial charge in [0, 0.05) is 43.0 Å². The highest BCUT2D eigenvalue weighted by Crippen LogP contribution is 2.35. The lowest BCUT2D eigenvalue weighted by Gasteiger charge is -2.21. The zero-order valence-electron chi connectivity index (χ0n) is 22.2. The lowest BCUT2D eigenvalue weighted by molar-refractivity contribution is -0.122. The fourth-order valence-electron chi connectivity index (χ4n) is 3.77. The van der Waals surface area contributed by atoms with Crippen LogP contribution in [0, 0.1) is 6.92 Å². The third-order valence-electron chi connectivity index (χ3n) is 5.92. The summed E-state index contributed by atoms with van der Waals surface area (Å²) in [6.07, 6.45) is 6.20. The number of nitrogens with zero attached hydrogens (tertiary/aromatic N) is 4. The van der Waals surface area contributed by atoms with Gasteiger partial charge in [-0.25, -0.2) is 9.97 Å². The highest BCUT2D eigenvalue weighted by atomic mass is 79.9. The molecule has 0 atom stereocenters. The first-order chi connectivity index (χ1) is 19.5. The number of fused-ring (bicyclic) bond motifs is 1. The number of amides is 3. The third-order valence-corrected chi connectivity index (χ3v) is 7.65. The van der Waals surface area contributed by atoms with Crippen molar-refractivity contribution in [1.29, 1.82) is 0 Å². The Bertz CT molecular complexity index is 1660. The van der Waals surface area contributed by atoms with Gasteiger partial charge in [0.05, 0.1) is 22.9 Å². The molecule has 2 N–H and O–H groups in total. The summed E-state index contributed by atoms with van der Waals surface area (Å²) in [5, 5.41) is 5.75. The number of anilines is 2. The normalized spacial score (nSPS) is 11.1. The summed E-state index contributed by atoms with van der Waals surface area (Å²) in [6, 6.07) is 10.2. The maximum atomic E-state index is 12.9. The SMILES string of the molecule is CC(=O)Nc1ccc(/C=C/C(=O)NCC(=O)N(C)c2ccc(Cl)c(COc3cccn4c(Br)c(C)nc34)c2Cl)cn1. The number of imidazole rings is 1. The van der Waals surface area contributed by atoms with Crippen LogP contribution >= 0.6 is 39.1 Å². The van der Waals surface area contributed by atoms with E-state index in [1.807, 2.05) is 23.6 Å². The molecule has 0 spiro atoms. The van der Waals surface area contributed by atoms with Crippen LogP contribution in [0.25, 0.3) is 11.7 Å². The smallest absolute Gasteiger partial charge is 0.246 e. The molecular weight excluding hydrogens is 635 g/mol. The van der Waals surface area contributed by atoms with Gasteiger partial charge in [-0.2, -0.15) is 0 Å². The number of carbonyl (C=O) groups excluding carboxylic acids is 3. The number of nitrogens with one attached hydrogen (secondary N) is 2. The van der Waals surface area contributed by atoms with Gasteiger partial charge in [0.25, 0.3) is 0 Å². The van der Waals surface area contributed by atoms with Crippen molar-refractivity contribution < 1.29 is 19.1 Å². The molecule has 3 heterocycles. The monoisotopic (exact) mass is 658 g/mol. The molecule has 0 saturated carbocycles. The molecule has 0 aliphatic carbocycles. The van der Waals surface area contributed by atoms with Crippen molar-refractivity contribution in [3.8, 4) is 5.75 Å². The Labute approximate surface area is 254 Å². The molecule has 4 aromatic rings. The third kappa shape index (κ3) is 7.24. The molecule has 3 amide bonds. The lowest BCUT2D eigenvalue weighted by Crippen LogP contribution is -2.37. The average molecular weight is 660 g/mol. The molecule has 0 saturated heterocycles. The minimum absolute atomic E-state index is 0.0406. The van der Waals surface area contributed by atoms with E-state index in [9.17, 15) is 14.4 Å². The van der Waals surface area contributed by atoms with E-state index in [-0.39, 0.29) is 24.1 Å². The van der Waals surface area contributed by atoms with Gasteiger partial charge in [0.1, 0.15) is 17.0 Å². The van der Waals surface area contributed by atoms with Crippen LogP contribution < -0.4 is 20.3 Å². The molecular formula is C28H25BrCl2N6O4. The second kappa shape index (κ2) is 13.2. The van der Waals surface area contributed by atoms with Crippen LogP contribution in [0.5, 0.6) is 5.75 Å². The summed E-state index contributed by atoms with van der Waals surface area (Å²) in [7, 11) is 1.55. The number of hydrogen-bond acceptors (Lipinski definition) is 6. The number of rotatable bonds is 9. The quantitative estimate of drug-likeness (QED) is 0.231. The number of likely N-dealkylation sites (N-methyl/N-ethyl adjacent to an activating group) is 1. The van der Waals surface area contributed by atoms with Crippen LogP contribution in [0.2, 0.25) is 10.0 Å². The van der Waals surface area contributed by atoms with Gasteiger partial charge in [-0.1, -0.05) is 23.2 Å². The standard InChI is InChI=1S/C28H25BrCl2N6O4/c1-16-27(29)37-12-4-5-22(28(37)34-16)41-15-19-20(30)8-9-21(26(19)31)36(3)25(40)14-33-24(39)11-7-18-6-10-23(32-13-18)35-17(2)38/h4-13H,14-15H2,1-3H3,(H,33,39)(H,32,35,38)/b11-7+. The zero-order valence-corrected chi connectivity index (χ0v) is 25.3. The fraction of sp³-hybridized carbons (Fsp3) is 0.179. The molecule has 13 heteroatoms. The molecule has 41 heavy (non-hydrogen) atoms. The number of halogens is 3. The highest BCUT2D eigenvalue weighted by Gasteiger charge is 2.20. The second-order valence-electron chi connectivity index (χ2n) is 8.86. The molecule has 0 radical (unpaired) electrons. The first-order valence-corrected chi connectivity index (χ1v) is 13.8. The average Bonchev–Trinajstić information content (AvgIpc) is 3.24. The fourth-order valence-corrected chi connectivity index (χ4v) is 4.75. The van der Waals surface area contributed by atoms with Crippen molar-refractivity contribution in [2.24, 2.45) is 0 Å². The first-order valence-electron chi connectivity index (χ1n) is 12.2. The minimum Gasteiger partial charge on any atom is -0.485 e. The summed E-state index contributed by atoms with van der Waals surface area (Å²) < 4.78 is 8.72. The predicted molar refractivity (Wildman–Crippen MR) is 162 cm³/mol. The van der Waals surface area contributed by atoms with E-state index in [1.54, 1.807) is 43.5 Å². The Hall–Kier alpha value is -3.93. The van der Waals surface area contributed by atoms with Gasteiger partial charge in [-0.15, -0.1) is 0 Å². The van der Waals surface area contributed by atoms with Crippen LogP contribution in [-0.4, -0.2) is 45.7 Å². The van der Waals surface area contributed by atoms with Crippen molar-refractivity contribution in [2.75, 3.05) is 23.8 Å². The largest absolute Gasteiger partial charge is 0.485 e. The second-order valence-corrected chi connectivity index (χ2v) is 10.4. The number of aromatic nitrogens is 3. The van der Waals surface area contributed by atoms with Gasteiger partial charge in [-0.3, -0.25) is 18.8 Å². The molecule has 3 aromatic heterocycles. The molecule has 0 fully saturated rings. The van der Waals surface area contributed by atoms with E-state index in [4.69, 9.17) is 27.9 Å². The van der Waals surface area contributed by atoms with Crippen LogP contribution in [0.3, 0.4) is 0 Å². The summed E-state index contributed by atoms with van der Waals surface area (Å²) in [6.45, 7) is 3.05. The van der Waals surface area contributed by atoms with Gasteiger partial charge in [0.15, 0.2) is 11.4 Å². The van der Waals surface area contributed by atoms with Gasteiger partial charge in [-0.05, 0) is 70.9 Å². The van der Waals surface area contributed by atoms with Gasteiger partial charge in [0.2, 0.25) is 17.7 Å². The highest BCUT2D eigenvalue weighted by molar-refractivity contribution is 9.10. The Kier molecular flexibility index (Phi) is 9.64. The maximum absolute atomic E-state index is 12.9. The Morgan fingerprint density at radius 3 is 2.66 bits per heavy atom. The summed E-state index contributed by atoms with van der Waals surface area (Å²) in [5.41, 5.74) is 3.01. The summed E-state index contributed by atoms with van der Waals surface area (Å²) in [4.78, 5) is 46.2.